The third-order valence-corrected chi connectivity index (χ3v) is 4.97. The van der Waals surface area contributed by atoms with Crippen molar-refractivity contribution in [2.45, 2.75) is 25.8 Å². The second-order valence-corrected chi connectivity index (χ2v) is 6.76. The van der Waals surface area contributed by atoms with E-state index in [2.05, 4.69) is 48.2 Å². The SMILES string of the molecule is COc1cccc(C(c2ccc(C)cc2)N2CCCC(C(=O)O)C2)c1. The predicted molar refractivity (Wildman–Crippen MR) is 97.9 cm³/mol. The molecular weight excluding hydrogens is 314 g/mol. The molecule has 3 rings (SSSR count). The number of aryl methyl sites for hydroxylation is 1. The van der Waals surface area contributed by atoms with E-state index >= 15 is 0 Å². The maximum atomic E-state index is 11.5. The van der Waals surface area contributed by atoms with Crippen LogP contribution in [0.3, 0.4) is 0 Å². The van der Waals surface area contributed by atoms with Gasteiger partial charge < -0.3 is 9.84 Å². The van der Waals surface area contributed by atoms with Crippen LogP contribution in [0.5, 0.6) is 5.75 Å². The largest absolute Gasteiger partial charge is 0.497 e. The molecule has 0 aliphatic carbocycles. The molecule has 132 valence electrons. The van der Waals surface area contributed by atoms with Gasteiger partial charge in [-0.05, 0) is 49.6 Å². The third kappa shape index (κ3) is 4.02. The number of aliphatic carboxylic acids is 1. The molecule has 2 atom stereocenters. The molecule has 1 N–H and O–H groups in total. The molecule has 0 radical (unpaired) electrons. The van der Waals surface area contributed by atoms with Crippen molar-refractivity contribution in [2.24, 2.45) is 5.92 Å². The second kappa shape index (κ2) is 7.70. The van der Waals surface area contributed by atoms with E-state index < -0.39 is 5.97 Å². The van der Waals surface area contributed by atoms with Gasteiger partial charge in [0.2, 0.25) is 0 Å². The number of nitrogens with zero attached hydrogens (tertiary/aromatic N) is 1. The van der Waals surface area contributed by atoms with Gasteiger partial charge in [-0.15, -0.1) is 0 Å². The summed E-state index contributed by atoms with van der Waals surface area (Å²) in [6.07, 6.45) is 1.66. The van der Waals surface area contributed by atoms with Crippen molar-refractivity contribution in [3.8, 4) is 5.75 Å². The molecule has 4 nitrogen and oxygen atoms in total. The van der Waals surface area contributed by atoms with Crippen LogP contribution < -0.4 is 4.74 Å². The lowest BCUT2D eigenvalue weighted by molar-refractivity contribution is -0.143. The van der Waals surface area contributed by atoms with Crippen LogP contribution in [0.1, 0.15) is 35.6 Å². The van der Waals surface area contributed by atoms with Gasteiger partial charge in [0.05, 0.1) is 19.1 Å². The molecule has 1 heterocycles. The summed E-state index contributed by atoms with van der Waals surface area (Å²) in [6.45, 7) is 3.55. The Bertz CT molecular complexity index is 726. The number of ether oxygens (including phenoxy) is 1. The van der Waals surface area contributed by atoms with E-state index in [9.17, 15) is 9.90 Å². The van der Waals surface area contributed by atoms with Crippen molar-refractivity contribution in [1.29, 1.82) is 0 Å². The summed E-state index contributed by atoms with van der Waals surface area (Å²) < 4.78 is 5.39. The minimum absolute atomic E-state index is 0.0397. The minimum atomic E-state index is -0.696. The Kier molecular flexibility index (Phi) is 5.39. The van der Waals surface area contributed by atoms with E-state index in [1.807, 2.05) is 12.1 Å². The Balaban J connectivity index is 1.99. The topological polar surface area (TPSA) is 49.8 Å². The first-order chi connectivity index (χ1) is 12.1. The zero-order valence-corrected chi connectivity index (χ0v) is 14.8. The number of hydrogen-bond donors (Lipinski definition) is 1. The van der Waals surface area contributed by atoms with Gasteiger partial charge in [-0.2, -0.15) is 0 Å². The lowest BCUT2D eigenvalue weighted by Crippen LogP contribution is -2.41. The molecule has 25 heavy (non-hydrogen) atoms. The van der Waals surface area contributed by atoms with Crippen molar-refractivity contribution >= 4 is 5.97 Å². The van der Waals surface area contributed by atoms with Gasteiger partial charge in [-0.25, -0.2) is 0 Å². The van der Waals surface area contributed by atoms with Crippen LogP contribution in [0.4, 0.5) is 0 Å². The summed E-state index contributed by atoms with van der Waals surface area (Å²) in [5, 5.41) is 9.45. The number of carboxylic acid groups (broad SMARTS) is 1. The molecule has 2 aromatic carbocycles. The molecule has 1 aliphatic rings. The van der Waals surface area contributed by atoms with Crippen LogP contribution in [0, 0.1) is 12.8 Å². The van der Waals surface area contributed by atoms with Crippen LogP contribution in [-0.4, -0.2) is 36.2 Å². The zero-order valence-electron chi connectivity index (χ0n) is 14.8. The molecule has 0 aromatic heterocycles. The van der Waals surface area contributed by atoms with Gasteiger partial charge >= 0.3 is 5.97 Å². The first-order valence-electron chi connectivity index (χ1n) is 8.76. The lowest BCUT2D eigenvalue weighted by atomic mass is 9.91. The van der Waals surface area contributed by atoms with E-state index in [1.165, 1.54) is 11.1 Å². The first kappa shape index (κ1) is 17.5. The van der Waals surface area contributed by atoms with E-state index in [-0.39, 0.29) is 12.0 Å². The highest BCUT2D eigenvalue weighted by Crippen LogP contribution is 2.34. The average Bonchev–Trinajstić information content (AvgIpc) is 2.64. The van der Waals surface area contributed by atoms with Gasteiger partial charge in [0.15, 0.2) is 0 Å². The first-order valence-corrected chi connectivity index (χ1v) is 8.76. The standard InChI is InChI=1S/C21H25NO3/c1-15-8-10-16(11-9-15)20(17-5-3-7-19(13-17)25-2)22-12-4-6-18(14-22)21(23)24/h3,5,7-11,13,18,20H,4,6,12,14H2,1-2H3,(H,23,24). The Morgan fingerprint density at radius 2 is 1.96 bits per heavy atom. The highest BCUT2D eigenvalue weighted by atomic mass is 16.5. The summed E-state index contributed by atoms with van der Waals surface area (Å²) in [7, 11) is 1.67. The minimum Gasteiger partial charge on any atom is -0.497 e. The second-order valence-electron chi connectivity index (χ2n) is 6.76. The number of likely N-dealkylation sites (tertiary alicyclic amines) is 1. The zero-order chi connectivity index (χ0) is 17.8. The average molecular weight is 339 g/mol. The fourth-order valence-electron chi connectivity index (χ4n) is 3.62. The molecule has 0 bridgehead atoms. The van der Waals surface area contributed by atoms with Crippen molar-refractivity contribution in [2.75, 3.05) is 20.2 Å². The summed E-state index contributed by atoms with van der Waals surface area (Å²) in [6, 6.07) is 16.6. The third-order valence-electron chi connectivity index (χ3n) is 4.97. The number of benzene rings is 2. The van der Waals surface area contributed by atoms with Crippen LogP contribution in [0.2, 0.25) is 0 Å². The van der Waals surface area contributed by atoms with Crippen LogP contribution >= 0.6 is 0 Å². The highest BCUT2D eigenvalue weighted by molar-refractivity contribution is 5.70. The summed E-state index contributed by atoms with van der Waals surface area (Å²) in [5.74, 6) is -0.174. The monoisotopic (exact) mass is 339 g/mol. The maximum absolute atomic E-state index is 11.5. The Hall–Kier alpha value is -2.33. The van der Waals surface area contributed by atoms with Crippen LogP contribution in [0.15, 0.2) is 48.5 Å². The summed E-state index contributed by atoms with van der Waals surface area (Å²) in [4.78, 5) is 13.8. The molecular formula is C21H25NO3. The Morgan fingerprint density at radius 3 is 2.64 bits per heavy atom. The molecule has 2 aromatic rings. The van der Waals surface area contributed by atoms with Gasteiger partial charge in [0.1, 0.15) is 5.75 Å². The number of carbonyl (C=O) groups is 1. The molecule has 1 fully saturated rings. The van der Waals surface area contributed by atoms with Gasteiger partial charge in [0, 0.05) is 6.54 Å². The van der Waals surface area contributed by atoms with E-state index in [0.29, 0.717) is 6.54 Å². The van der Waals surface area contributed by atoms with Crippen molar-refractivity contribution in [3.63, 3.8) is 0 Å². The number of piperidine rings is 1. The van der Waals surface area contributed by atoms with E-state index in [1.54, 1.807) is 7.11 Å². The summed E-state index contributed by atoms with van der Waals surface area (Å²) in [5.41, 5.74) is 3.54. The lowest BCUT2D eigenvalue weighted by Gasteiger charge is -2.37. The Morgan fingerprint density at radius 1 is 1.20 bits per heavy atom. The van der Waals surface area contributed by atoms with Crippen molar-refractivity contribution < 1.29 is 14.6 Å². The summed E-state index contributed by atoms with van der Waals surface area (Å²) >= 11 is 0. The normalized spacial score (nSPS) is 19.4. The fourth-order valence-corrected chi connectivity index (χ4v) is 3.62. The maximum Gasteiger partial charge on any atom is 0.307 e. The molecule has 1 aliphatic heterocycles. The van der Waals surface area contributed by atoms with Crippen LogP contribution in [-0.2, 0) is 4.79 Å². The molecule has 2 unspecified atom stereocenters. The quantitative estimate of drug-likeness (QED) is 0.898. The number of hydrogen-bond acceptors (Lipinski definition) is 3. The molecule has 0 amide bonds. The van der Waals surface area contributed by atoms with Gasteiger partial charge in [-0.1, -0.05) is 42.0 Å². The van der Waals surface area contributed by atoms with Crippen molar-refractivity contribution in [3.05, 3.63) is 65.2 Å². The molecule has 0 spiro atoms. The molecule has 1 saturated heterocycles. The van der Waals surface area contributed by atoms with E-state index in [4.69, 9.17) is 4.74 Å². The van der Waals surface area contributed by atoms with Gasteiger partial charge in [-0.3, -0.25) is 9.69 Å². The number of carboxylic acids is 1. The highest BCUT2D eigenvalue weighted by Gasteiger charge is 2.31. The van der Waals surface area contributed by atoms with Crippen molar-refractivity contribution in [1.82, 2.24) is 4.90 Å². The molecule has 0 saturated carbocycles. The van der Waals surface area contributed by atoms with Gasteiger partial charge in [0.25, 0.3) is 0 Å². The van der Waals surface area contributed by atoms with Crippen LogP contribution in [0.25, 0.3) is 0 Å². The smallest absolute Gasteiger partial charge is 0.307 e. The van der Waals surface area contributed by atoms with E-state index in [0.717, 1.165) is 30.7 Å². The Labute approximate surface area is 149 Å². The number of rotatable bonds is 5. The fraction of sp³-hybridized carbons (Fsp3) is 0.381. The predicted octanol–water partition coefficient (Wildman–Crippen LogP) is 3.89. The molecule has 4 heteroatoms. The number of methoxy groups -OCH3 is 1.